The van der Waals surface area contributed by atoms with Gasteiger partial charge in [-0.2, -0.15) is 5.10 Å². The predicted octanol–water partition coefficient (Wildman–Crippen LogP) is 3.25. The SMILES string of the molecule is CCn1nc(C)c(Cl)c1CC(N)c1cccc(F)c1. The molecule has 0 saturated carbocycles. The molecular formula is C14H17ClFN3. The third-order valence-corrected chi connectivity index (χ3v) is 3.63. The van der Waals surface area contributed by atoms with Crippen molar-refractivity contribution in [2.45, 2.75) is 32.9 Å². The molecule has 3 nitrogen and oxygen atoms in total. The molecule has 19 heavy (non-hydrogen) atoms. The molecule has 2 N–H and O–H groups in total. The van der Waals surface area contributed by atoms with Crippen LogP contribution in [0.25, 0.3) is 0 Å². The summed E-state index contributed by atoms with van der Waals surface area (Å²) in [6, 6.07) is 6.05. The minimum absolute atomic E-state index is 0.278. The fourth-order valence-corrected chi connectivity index (χ4v) is 2.34. The highest BCUT2D eigenvalue weighted by Crippen LogP contribution is 2.25. The normalized spacial score (nSPS) is 12.7. The van der Waals surface area contributed by atoms with Gasteiger partial charge in [0.2, 0.25) is 0 Å². The van der Waals surface area contributed by atoms with Gasteiger partial charge in [0.15, 0.2) is 0 Å². The average Bonchev–Trinajstić information content (AvgIpc) is 2.66. The van der Waals surface area contributed by atoms with Crippen molar-refractivity contribution in [1.29, 1.82) is 0 Å². The minimum atomic E-state index is -0.297. The van der Waals surface area contributed by atoms with Gasteiger partial charge in [0.1, 0.15) is 5.82 Å². The van der Waals surface area contributed by atoms with Crippen LogP contribution in [0.5, 0.6) is 0 Å². The third kappa shape index (κ3) is 2.96. The van der Waals surface area contributed by atoms with E-state index in [2.05, 4.69) is 5.10 Å². The van der Waals surface area contributed by atoms with Crippen LogP contribution in [-0.2, 0) is 13.0 Å². The lowest BCUT2D eigenvalue weighted by Crippen LogP contribution is -2.16. The van der Waals surface area contributed by atoms with Crippen LogP contribution in [-0.4, -0.2) is 9.78 Å². The van der Waals surface area contributed by atoms with Gasteiger partial charge in [-0.3, -0.25) is 4.68 Å². The first-order chi connectivity index (χ1) is 9.02. The summed E-state index contributed by atoms with van der Waals surface area (Å²) in [7, 11) is 0. The van der Waals surface area contributed by atoms with E-state index in [0.29, 0.717) is 11.4 Å². The standard InChI is InChI=1S/C14H17ClFN3/c1-3-19-13(14(15)9(2)18-19)8-12(17)10-5-4-6-11(16)7-10/h4-7,12H,3,8,17H2,1-2H3. The molecule has 1 unspecified atom stereocenters. The molecule has 102 valence electrons. The number of rotatable bonds is 4. The van der Waals surface area contributed by atoms with Crippen LogP contribution in [0.1, 0.15) is 29.9 Å². The Balaban J connectivity index is 2.26. The number of benzene rings is 1. The van der Waals surface area contributed by atoms with E-state index in [1.165, 1.54) is 12.1 Å². The number of nitrogens with zero attached hydrogens (tertiary/aromatic N) is 2. The van der Waals surface area contributed by atoms with Crippen LogP contribution in [0.4, 0.5) is 4.39 Å². The highest BCUT2D eigenvalue weighted by Gasteiger charge is 2.17. The van der Waals surface area contributed by atoms with E-state index < -0.39 is 0 Å². The molecule has 0 radical (unpaired) electrons. The second-order valence-corrected chi connectivity index (χ2v) is 4.91. The first-order valence-electron chi connectivity index (χ1n) is 6.25. The van der Waals surface area contributed by atoms with E-state index >= 15 is 0 Å². The summed E-state index contributed by atoms with van der Waals surface area (Å²) < 4.78 is 15.0. The van der Waals surface area contributed by atoms with E-state index in [-0.39, 0.29) is 11.9 Å². The van der Waals surface area contributed by atoms with E-state index in [9.17, 15) is 4.39 Å². The van der Waals surface area contributed by atoms with Gasteiger partial charge in [0, 0.05) is 19.0 Å². The maximum Gasteiger partial charge on any atom is 0.123 e. The second kappa shape index (κ2) is 5.72. The molecule has 1 heterocycles. The van der Waals surface area contributed by atoms with Crippen LogP contribution < -0.4 is 5.73 Å². The molecule has 0 fully saturated rings. The van der Waals surface area contributed by atoms with E-state index in [1.54, 1.807) is 6.07 Å². The number of nitrogens with two attached hydrogens (primary N) is 1. The Hall–Kier alpha value is -1.39. The Morgan fingerprint density at radius 3 is 2.84 bits per heavy atom. The van der Waals surface area contributed by atoms with Crippen molar-refractivity contribution in [3.05, 3.63) is 52.1 Å². The lowest BCUT2D eigenvalue weighted by molar-refractivity contribution is 0.582. The molecule has 0 bridgehead atoms. The highest BCUT2D eigenvalue weighted by atomic mass is 35.5. The van der Waals surface area contributed by atoms with Crippen LogP contribution in [0.15, 0.2) is 24.3 Å². The Kier molecular flexibility index (Phi) is 4.22. The smallest absolute Gasteiger partial charge is 0.123 e. The van der Waals surface area contributed by atoms with Gasteiger partial charge in [0.25, 0.3) is 0 Å². The Morgan fingerprint density at radius 1 is 1.47 bits per heavy atom. The molecule has 0 aliphatic carbocycles. The van der Waals surface area contributed by atoms with Gasteiger partial charge in [-0.1, -0.05) is 23.7 Å². The van der Waals surface area contributed by atoms with Crippen molar-refractivity contribution in [2.75, 3.05) is 0 Å². The van der Waals surface area contributed by atoms with Crippen molar-refractivity contribution in [1.82, 2.24) is 9.78 Å². The first kappa shape index (κ1) is 14.0. The lowest BCUT2D eigenvalue weighted by Gasteiger charge is -2.13. The molecule has 0 aliphatic heterocycles. The number of aryl methyl sites for hydroxylation is 2. The van der Waals surface area contributed by atoms with Gasteiger partial charge in [0.05, 0.1) is 16.4 Å². The van der Waals surface area contributed by atoms with Crippen molar-refractivity contribution in [3.8, 4) is 0 Å². The summed E-state index contributed by atoms with van der Waals surface area (Å²) in [6.45, 7) is 4.60. The molecule has 0 amide bonds. The average molecular weight is 282 g/mol. The zero-order valence-corrected chi connectivity index (χ0v) is 11.8. The van der Waals surface area contributed by atoms with Gasteiger partial charge in [-0.25, -0.2) is 4.39 Å². The Labute approximate surface area is 117 Å². The van der Waals surface area contributed by atoms with Crippen LogP contribution >= 0.6 is 11.6 Å². The predicted molar refractivity (Wildman–Crippen MR) is 74.7 cm³/mol. The van der Waals surface area contributed by atoms with Gasteiger partial charge in [-0.05, 0) is 31.5 Å². The highest BCUT2D eigenvalue weighted by molar-refractivity contribution is 6.31. The van der Waals surface area contributed by atoms with Crippen LogP contribution in [0.3, 0.4) is 0 Å². The summed E-state index contributed by atoms with van der Waals surface area (Å²) in [4.78, 5) is 0. The number of hydrogen-bond acceptors (Lipinski definition) is 2. The molecule has 5 heteroatoms. The monoisotopic (exact) mass is 281 g/mol. The van der Waals surface area contributed by atoms with Crippen molar-refractivity contribution < 1.29 is 4.39 Å². The van der Waals surface area contributed by atoms with Gasteiger partial charge in [-0.15, -0.1) is 0 Å². The quantitative estimate of drug-likeness (QED) is 0.935. The lowest BCUT2D eigenvalue weighted by atomic mass is 10.0. The third-order valence-electron chi connectivity index (χ3n) is 3.14. The summed E-state index contributed by atoms with van der Waals surface area (Å²) in [5.41, 5.74) is 8.59. The second-order valence-electron chi connectivity index (χ2n) is 4.53. The molecule has 0 spiro atoms. The summed E-state index contributed by atoms with van der Waals surface area (Å²) in [5, 5.41) is 4.99. The Morgan fingerprint density at radius 2 is 2.21 bits per heavy atom. The fourth-order valence-electron chi connectivity index (χ4n) is 2.13. The molecule has 1 atom stereocenters. The summed E-state index contributed by atoms with van der Waals surface area (Å²) in [5.74, 6) is -0.278. The first-order valence-corrected chi connectivity index (χ1v) is 6.63. The molecule has 2 rings (SSSR count). The number of halogens is 2. The van der Waals surface area contributed by atoms with Crippen molar-refractivity contribution in [3.63, 3.8) is 0 Å². The fraction of sp³-hybridized carbons (Fsp3) is 0.357. The zero-order chi connectivity index (χ0) is 14.0. The Bertz CT molecular complexity index is 580. The molecule has 1 aromatic carbocycles. The molecule has 2 aromatic rings. The molecule has 0 aliphatic rings. The molecular weight excluding hydrogens is 265 g/mol. The van der Waals surface area contributed by atoms with Crippen LogP contribution in [0, 0.1) is 12.7 Å². The maximum atomic E-state index is 13.2. The summed E-state index contributed by atoms with van der Waals surface area (Å²) in [6.07, 6.45) is 0.539. The van der Waals surface area contributed by atoms with Crippen molar-refractivity contribution in [2.24, 2.45) is 5.73 Å². The molecule has 1 aromatic heterocycles. The van der Waals surface area contributed by atoms with Gasteiger partial charge < -0.3 is 5.73 Å². The minimum Gasteiger partial charge on any atom is -0.324 e. The molecule has 0 saturated heterocycles. The van der Waals surface area contributed by atoms with Gasteiger partial charge >= 0.3 is 0 Å². The largest absolute Gasteiger partial charge is 0.324 e. The summed E-state index contributed by atoms with van der Waals surface area (Å²) >= 11 is 6.24. The van der Waals surface area contributed by atoms with E-state index in [0.717, 1.165) is 23.5 Å². The topological polar surface area (TPSA) is 43.8 Å². The van der Waals surface area contributed by atoms with E-state index in [1.807, 2.05) is 24.6 Å². The number of hydrogen-bond donors (Lipinski definition) is 1. The number of aromatic nitrogens is 2. The van der Waals surface area contributed by atoms with Crippen LogP contribution in [0.2, 0.25) is 5.02 Å². The maximum absolute atomic E-state index is 13.2. The van der Waals surface area contributed by atoms with Crippen molar-refractivity contribution >= 4 is 11.6 Å². The van der Waals surface area contributed by atoms with E-state index in [4.69, 9.17) is 17.3 Å². The zero-order valence-electron chi connectivity index (χ0n) is 11.0.